The van der Waals surface area contributed by atoms with Crippen LogP contribution >= 0.6 is 0 Å². The van der Waals surface area contributed by atoms with Crippen molar-refractivity contribution in [3.63, 3.8) is 0 Å². The molecule has 0 aliphatic rings. The van der Waals surface area contributed by atoms with Crippen LogP contribution in [0.3, 0.4) is 0 Å². The van der Waals surface area contributed by atoms with Gasteiger partial charge in [0.05, 0.1) is 5.56 Å². The summed E-state index contributed by atoms with van der Waals surface area (Å²) in [5.74, 6) is -1.23. The fourth-order valence-corrected chi connectivity index (χ4v) is 2.63. The van der Waals surface area contributed by atoms with E-state index < -0.39 is 24.3 Å². The van der Waals surface area contributed by atoms with E-state index in [4.69, 9.17) is 4.74 Å². The van der Waals surface area contributed by atoms with Crippen molar-refractivity contribution in [3.8, 4) is 0 Å². The lowest BCUT2D eigenvalue weighted by Gasteiger charge is -2.06. The first kappa shape index (κ1) is 23.9. The number of ether oxygens (including phenoxy) is 1. The number of carbonyl (C=O) groups excluding carboxylic acids is 3. The maximum atomic E-state index is 12.5. The zero-order chi connectivity index (χ0) is 22.9. The Bertz CT molecular complexity index is 933. The molecule has 0 spiro atoms. The highest BCUT2D eigenvalue weighted by Crippen LogP contribution is 2.29. The molecule has 8 heteroatoms. The Morgan fingerprint density at radius 1 is 1.00 bits per heavy atom. The van der Waals surface area contributed by atoms with E-state index in [1.54, 1.807) is 24.3 Å². The van der Waals surface area contributed by atoms with Crippen LogP contribution in [0.1, 0.15) is 40.4 Å². The molecule has 5 nitrogen and oxygen atoms in total. The van der Waals surface area contributed by atoms with Gasteiger partial charge in [-0.15, -0.1) is 0 Å². The quantitative estimate of drug-likeness (QED) is 0.278. The Hall–Kier alpha value is -3.42. The zero-order valence-corrected chi connectivity index (χ0v) is 16.9. The third kappa shape index (κ3) is 8.46. The van der Waals surface area contributed by atoms with Crippen LogP contribution in [-0.2, 0) is 26.9 Å². The molecule has 0 bridgehead atoms. The van der Waals surface area contributed by atoms with Crippen LogP contribution in [0.2, 0.25) is 0 Å². The van der Waals surface area contributed by atoms with Gasteiger partial charge in [0, 0.05) is 25.1 Å². The van der Waals surface area contributed by atoms with Crippen LogP contribution in [0.15, 0.2) is 54.6 Å². The standard InChI is InChI=1S/C23H22F3NO4/c1-16(28)27-14-2-3-17-4-9-19(10-5-17)21(29)15-31-22(30)13-8-18-6-11-20(12-7-18)23(24,25)26/h4-13H,2-3,14-15H2,1H3,(H,27,28)/b13-8+. The number of ketones is 1. The van der Waals surface area contributed by atoms with Gasteiger partial charge in [-0.2, -0.15) is 13.2 Å². The molecular weight excluding hydrogens is 411 g/mol. The Morgan fingerprint density at radius 2 is 1.65 bits per heavy atom. The van der Waals surface area contributed by atoms with Gasteiger partial charge in [0.2, 0.25) is 5.91 Å². The minimum absolute atomic E-state index is 0.0790. The van der Waals surface area contributed by atoms with E-state index in [-0.39, 0.29) is 11.7 Å². The molecule has 2 aromatic carbocycles. The van der Waals surface area contributed by atoms with Gasteiger partial charge in [-0.25, -0.2) is 4.79 Å². The number of hydrogen-bond donors (Lipinski definition) is 1. The number of halogens is 3. The first-order chi connectivity index (χ1) is 14.6. The van der Waals surface area contributed by atoms with Crippen LogP contribution in [0.4, 0.5) is 13.2 Å². The summed E-state index contributed by atoms with van der Waals surface area (Å²) < 4.78 is 42.5. The smallest absolute Gasteiger partial charge is 0.416 e. The van der Waals surface area contributed by atoms with E-state index in [1.807, 2.05) is 0 Å². The number of hydrogen-bond acceptors (Lipinski definition) is 4. The second kappa shape index (κ2) is 11.1. The van der Waals surface area contributed by atoms with Gasteiger partial charge in [-0.3, -0.25) is 9.59 Å². The highest BCUT2D eigenvalue weighted by Gasteiger charge is 2.29. The van der Waals surface area contributed by atoms with E-state index in [2.05, 4.69) is 5.32 Å². The number of benzene rings is 2. The minimum Gasteiger partial charge on any atom is -0.454 e. The van der Waals surface area contributed by atoms with Gasteiger partial charge in [0.1, 0.15) is 0 Å². The van der Waals surface area contributed by atoms with Crippen LogP contribution in [0.25, 0.3) is 6.08 Å². The van der Waals surface area contributed by atoms with Gasteiger partial charge < -0.3 is 10.1 Å². The molecule has 0 unspecified atom stereocenters. The molecule has 0 aromatic heterocycles. The Balaban J connectivity index is 1.79. The lowest BCUT2D eigenvalue weighted by Crippen LogP contribution is -2.21. The Labute approximate surface area is 177 Å². The maximum absolute atomic E-state index is 12.5. The normalized spacial score (nSPS) is 11.4. The molecule has 1 N–H and O–H groups in total. The molecule has 0 saturated heterocycles. The molecule has 0 heterocycles. The summed E-state index contributed by atoms with van der Waals surface area (Å²) >= 11 is 0. The van der Waals surface area contributed by atoms with Gasteiger partial charge in [0.15, 0.2) is 12.4 Å². The van der Waals surface area contributed by atoms with E-state index in [9.17, 15) is 27.6 Å². The molecular formula is C23H22F3NO4. The molecule has 0 aliphatic heterocycles. The predicted molar refractivity (Wildman–Crippen MR) is 109 cm³/mol. The zero-order valence-electron chi connectivity index (χ0n) is 16.9. The first-order valence-electron chi connectivity index (χ1n) is 9.54. The summed E-state index contributed by atoms with van der Waals surface area (Å²) in [6.45, 7) is 1.59. The second-order valence-corrected chi connectivity index (χ2v) is 6.77. The highest BCUT2D eigenvalue weighted by molar-refractivity contribution is 5.98. The number of amides is 1. The highest BCUT2D eigenvalue weighted by atomic mass is 19.4. The lowest BCUT2D eigenvalue weighted by atomic mass is 10.1. The summed E-state index contributed by atoms with van der Waals surface area (Å²) in [5, 5.41) is 2.71. The van der Waals surface area contributed by atoms with Crippen molar-refractivity contribution in [1.82, 2.24) is 5.32 Å². The number of alkyl halides is 3. The van der Waals surface area contributed by atoms with E-state index in [0.29, 0.717) is 17.7 Å². The molecule has 2 rings (SSSR count). The third-order valence-corrected chi connectivity index (χ3v) is 4.29. The number of Topliss-reactive ketones (excluding diaryl/α,β-unsaturated/α-hetero) is 1. The molecule has 0 aliphatic carbocycles. The minimum atomic E-state index is -4.42. The molecule has 0 radical (unpaired) electrons. The van der Waals surface area contributed by atoms with Gasteiger partial charge in [-0.1, -0.05) is 36.4 Å². The van der Waals surface area contributed by atoms with Crippen molar-refractivity contribution in [2.45, 2.75) is 25.9 Å². The summed E-state index contributed by atoms with van der Waals surface area (Å²) in [7, 11) is 0. The molecule has 0 saturated carbocycles. The average Bonchev–Trinajstić information content (AvgIpc) is 2.73. The number of nitrogens with one attached hydrogen (secondary N) is 1. The van der Waals surface area contributed by atoms with Crippen molar-refractivity contribution in [2.24, 2.45) is 0 Å². The number of rotatable bonds is 9. The molecule has 164 valence electrons. The van der Waals surface area contributed by atoms with Gasteiger partial charge in [-0.05, 0) is 42.2 Å². The third-order valence-electron chi connectivity index (χ3n) is 4.29. The van der Waals surface area contributed by atoms with Crippen molar-refractivity contribution < 1.29 is 32.3 Å². The van der Waals surface area contributed by atoms with Crippen LogP contribution < -0.4 is 5.32 Å². The fourth-order valence-electron chi connectivity index (χ4n) is 2.63. The van der Waals surface area contributed by atoms with Crippen molar-refractivity contribution in [2.75, 3.05) is 13.2 Å². The van der Waals surface area contributed by atoms with Crippen molar-refractivity contribution in [1.29, 1.82) is 0 Å². The summed E-state index contributed by atoms with van der Waals surface area (Å²) in [5.41, 5.74) is 1.02. The molecule has 0 atom stereocenters. The monoisotopic (exact) mass is 433 g/mol. The van der Waals surface area contributed by atoms with E-state index in [1.165, 1.54) is 25.1 Å². The molecule has 0 fully saturated rings. The topological polar surface area (TPSA) is 72.5 Å². The van der Waals surface area contributed by atoms with E-state index in [0.717, 1.165) is 36.6 Å². The van der Waals surface area contributed by atoms with Crippen molar-refractivity contribution >= 4 is 23.7 Å². The molecule has 1 amide bonds. The SMILES string of the molecule is CC(=O)NCCCc1ccc(C(=O)COC(=O)/C=C/c2ccc(C(F)(F)F)cc2)cc1. The number of carbonyl (C=O) groups is 3. The summed E-state index contributed by atoms with van der Waals surface area (Å²) in [4.78, 5) is 34.7. The fraction of sp³-hybridized carbons (Fsp3) is 0.261. The first-order valence-corrected chi connectivity index (χ1v) is 9.54. The Kier molecular flexibility index (Phi) is 8.54. The van der Waals surface area contributed by atoms with Crippen LogP contribution in [0, 0.1) is 0 Å². The lowest BCUT2D eigenvalue weighted by molar-refractivity contribution is -0.138. The van der Waals surface area contributed by atoms with Crippen LogP contribution in [-0.4, -0.2) is 30.8 Å². The number of esters is 1. The van der Waals surface area contributed by atoms with Crippen molar-refractivity contribution in [3.05, 3.63) is 76.9 Å². The average molecular weight is 433 g/mol. The predicted octanol–water partition coefficient (Wildman–Crippen LogP) is 4.21. The van der Waals surface area contributed by atoms with E-state index >= 15 is 0 Å². The molecule has 2 aromatic rings. The van der Waals surface area contributed by atoms with Gasteiger partial charge in [0.25, 0.3) is 0 Å². The molecule has 31 heavy (non-hydrogen) atoms. The van der Waals surface area contributed by atoms with Crippen LogP contribution in [0.5, 0.6) is 0 Å². The maximum Gasteiger partial charge on any atom is 0.416 e. The summed E-state index contributed by atoms with van der Waals surface area (Å²) in [6, 6.07) is 11.2. The summed E-state index contributed by atoms with van der Waals surface area (Å²) in [6.07, 6.45) is -0.544. The Morgan fingerprint density at radius 3 is 2.23 bits per heavy atom. The second-order valence-electron chi connectivity index (χ2n) is 6.77. The largest absolute Gasteiger partial charge is 0.454 e. The van der Waals surface area contributed by atoms with Gasteiger partial charge >= 0.3 is 12.1 Å². The number of aryl methyl sites for hydroxylation is 1.